The summed E-state index contributed by atoms with van der Waals surface area (Å²) in [6, 6.07) is 9.63. The minimum absolute atomic E-state index is 0.0164. The number of carbonyl (C=O) groups excluding carboxylic acids is 1. The first kappa shape index (κ1) is 14.2. The number of hydrogen-bond acceptors (Lipinski definition) is 4. The second-order valence-corrected chi connectivity index (χ2v) is 6.39. The van der Waals surface area contributed by atoms with E-state index in [9.17, 15) is 10.1 Å². The molecule has 1 atom stereocenters. The maximum Gasteiger partial charge on any atom is 0.229 e. The highest BCUT2D eigenvalue weighted by atomic mass is 79.9. The Hall–Kier alpha value is -1.78. The van der Waals surface area contributed by atoms with Crippen LogP contribution in [0.5, 0.6) is 0 Å². The molecule has 0 saturated carbocycles. The Balaban J connectivity index is 2.11. The van der Waals surface area contributed by atoms with E-state index in [1.807, 2.05) is 24.3 Å². The SMILES string of the molecule is N#Cc1cnn(-c2ccc(Br)cc2)c1N1CC(S)CC1=O. The predicted molar refractivity (Wildman–Crippen MR) is 85.7 cm³/mol. The van der Waals surface area contributed by atoms with E-state index in [2.05, 4.69) is 39.7 Å². The van der Waals surface area contributed by atoms with E-state index in [1.54, 1.807) is 9.58 Å². The van der Waals surface area contributed by atoms with Crippen molar-refractivity contribution in [1.29, 1.82) is 5.26 Å². The van der Waals surface area contributed by atoms with Gasteiger partial charge in [0.25, 0.3) is 0 Å². The van der Waals surface area contributed by atoms with Gasteiger partial charge in [0.05, 0.1) is 11.9 Å². The minimum atomic E-state index is -0.0367. The molecule has 0 aliphatic carbocycles. The summed E-state index contributed by atoms with van der Waals surface area (Å²) in [6.07, 6.45) is 1.86. The van der Waals surface area contributed by atoms with Crippen molar-refractivity contribution in [2.45, 2.75) is 11.7 Å². The molecule has 7 heteroatoms. The van der Waals surface area contributed by atoms with Crippen molar-refractivity contribution in [1.82, 2.24) is 9.78 Å². The zero-order valence-corrected chi connectivity index (χ0v) is 13.4. The minimum Gasteiger partial charge on any atom is -0.294 e. The molecule has 1 unspecified atom stereocenters. The van der Waals surface area contributed by atoms with Crippen LogP contribution in [0.2, 0.25) is 0 Å². The van der Waals surface area contributed by atoms with Gasteiger partial charge in [0.2, 0.25) is 5.91 Å². The van der Waals surface area contributed by atoms with E-state index in [4.69, 9.17) is 0 Å². The summed E-state index contributed by atoms with van der Waals surface area (Å²) < 4.78 is 2.57. The van der Waals surface area contributed by atoms with E-state index >= 15 is 0 Å². The Labute approximate surface area is 135 Å². The first-order chi connectivity index (χ1) is 10.1. The lowest BCUT2D eigenvalue weighted by molar-refractivity contribution is -0.117. The summed E-state index contributed by atoms with van der Waals surface area (Å²) >= 11 is 7.74. The topological polar surface area (TPSA) is 61.9 Å². The van der Waals surface area contributed by atoms with Gasteiger partial charge in [-0.2, -0.15) is 23.0 Å². The van der Waals surface area contributed by atoms with Crippen LogP contribution in [0.4, 0.5) is 5.82 Å². The third-order valence-electron chi connectivity index (χ3n) is 3.30. The Kier molecular flexibility index (Phi) is 3.74. The fraction of sp³-hybridized carbons (Fsp3) is 0.214. The molecule has 5 nitrogen and oxygen atoms in total. The van der Waals surface area contributed by atoms with E-state index < -0.39 is 0 Å². The third-order valence-corrected chi connectivity index (χ3v) is 4.17. The lowest BCUT2D eigenvalue weighted by atomic mass is 10.3. The molecular formula is C14H11BrN4OS. The standard InChI is InChI=1S/C14H11BrN4OS/c15-10-1-3-11(4-2-10)19-14(9(6-16)7-17-19)18-8-12(21)5-13(18)20/h1-4,7,12,21H,5,8H2. The van der Waals surface area contributed by atoms with Crippen LogP contribution in [0, 0.1) is 11.3 Å². The molecule has 1 saturated heterocycles. The van der Waals surface area contributed by atoms with Gasteiger partial charge in [0, 0.05) is 22.7 Å². The van der Waals surface area contributed by atoms with Crippen molar-refractivity contribution >= 4 is 40.3 Å². The molecule has 106 valence electrons. The molecular weight excluding hydrogens is 352 g/mol. The second kappa shape index (κ2) is 5.54. The molecule has 1 amide bonds. The Morgan fingerprint density at radius 1 is 1.38 bits per heavy atom. The van der Waals surface area contributed by atoms with E-state index in [0.717, 1.165) is 10.2 Å². The molecule has 21 heavy (non-hydrogen) atoms. The highest BCUT2D eigenvalue weighted by Gasteiger charge is 2.32. The molecule has 0 radical (unpaired) electrons. The maximum absolute atomic E-state index is 12.1. The van der Waals surface area contributed by atoms with Crippen molar-refractivity contribution in [2.24, 2.45) is 0 Å². The van der Waals surface area contributed by atoms with Crippen molar-refractivity contribution in [3.63, 3.8) is 0 Å². The average Bonchev–Trinajstić information content (AvgIpc) is 3.02. The van der Waals surface area contributed by atoms with E-state index in [-0.39, 0.29) is 11.2 Å². The molecule has 2 aromatic rings. The monoisotopic (exact) mass is 362 g/mol. The molecule has 1 aromatic heterocycles. The maximum atomic E-state index is 12.1. The van der Waals surface area contributed by atoms with Crippen LogP contribution < -0.4 is 4.90 Å². The van der Waals surface area contributed by atoms with Gasteiger partial charge < -0.3 is 0 Å². The molecule has 0 spiro atoms. The lowest BCUT2D eigenvalue weighted by Gasteiger charge is -2.18. The lowest BCUT2D eigenvalue weighted by Crippen LogP contribution is -2.28. The molecule has 3 rings (SSSR count). The number of carbonyl (C=O) groups is 1. The fourth-order valence-electron chi connectivity index (χ4n) is 2.35. The number of rotatable bonds is 2. The number of aromatic nitrogens is 2. The van der Waals surface area contributed by atoms with Gasteiger partial charge in [-0.15, -0.1) is 0 Å². The number of nitriles is 1. The average molecular weight is 363 g/mol. The number of benzene rings is 1. The van der Waals surface area contributed by atoms with Crippen LogP contribution in [-0.4, -0.2) is 27.5 Å². The highest BCUT2D eigenvalue weighted by Crippen LogP contribution is 2.29. The number of thiol groups is 1. The number of hydrogen-bond donors (Lipinski definition) is 1. The van der Waals surface area contributed by atoms with Gasteiger partial charge in [-0.05, 0) is 24.3 Å². The van der Waals surface area contributed by atoms with Crippen molar-refractivity contribution in [2.75, 3.05) is 11.4 Å². The largest absolute Gasteiger partial charge is 0.294 e. The molecule has 0 N–H and O–H groups in total. The quantitative estimate of drug-likeness (QED) is 0.835. The molecule has 1 aliphatic rings. The van der Waals surface area contributed by atoms with Crippen molar-refractivity contribution in [3.05, 3.63) is 40.5 Å². The van der Waals surface area contributed by atoms with Crippen LogP contribution in [0.1, 0.15) is 12.0 Å². The Morgan fingerprint density at radius 2 is 2.10 bits per heavy atom. The van der Waals surface area contributed by atoms with Crippen molar-refractivity contribution in [3.8, 4) is 11.8 Å². The van der Waals surface area contributed by atoms with Crippen LogP contribution in [0.3, 0.4) is 0 Å². The summed E-state index contributed by atoms with van der Waals surface area (Å²) in [7, 11) is 0. The summed E-state index contributed by atoms with van der Waals surface area (Å²) in [6.45, 7) is 0.485. The number of amides is 1. The zero-order chi connectivity index (χ0) is 15.0. The van der Waals surface area contributed by atoms with Gasteiger partial charge in [0.15, 0.2) is 5.82 Å². The van der Waals surface area contributed by atoms with Crippen LogP contribution >= 0.6 is 28.6 Å². The number of anilines is 1. The molecule has 2 heterocycles. The number of nitrogens with zero attached hydrogens (tertiary/aromatic N) is 4. The zero-order valence-electron chi connectivity index (χ0n) is 10.9. The van der Waals surface area contributed by atoms with Gasteiger partial charge in [-0.3, -0.25) is 9.69 Å². The summed E-state index contributed by atoms with van der Waals surface area (Å²) in [5.74, 6) is 0.478. The summed E-state index contributed by atoms with van der Waals surface area (Å²) in [4.78, 5) is 13.7. The van der Waals surface area contributed by atoms with E-state index in [1.165, 1.54) is 6.20 Å². The van der Waals surface area contributed by atoms with Crippen molar-refractivity contribution < 1.29 is 4.79 Å². The third kappa shape index (κ3) is 2.57. The number of halogens is 1. The first-order valence-electron chi connectivity index (χ1n) is 6.32. The van der Waals surface area contributed by atoms with Gasteiger partial charge >= 0.3 is 0 Å². The first-order valence-corrected chi connectivity index (χ1v) is 7.63. The van der Waals surface area contributed by atoms with Gasteiger partial charge in [-0.25, -0.2) is 4.68 Å². The predicted octanol–water partition coefficient (Wildman–Crippen LogP) is 2.54. The fourth-order valence-corrected chi connectivity index (χ4v) is 2.93. The Bertz CT molecular complexity index is 734. The highest BCUT2D eigenvalue weighted by molar-refractivity contribution is 9.10. The van der Waals surface area contributed by atoms with Crippen LogP contribution in [-0.2, 0) is 4.79 Å². The normalized spacial score (nSPS) is 18.0. The molecule has 0 bridgehead atoms. The molecule has 1 aliphatic heterocycles. The summed E-state index contributed by atoms with van der Waals surface area (Å²) in [5.41, 5.74) is 1.18. The second-order valence-electron chi connectivity index (χ2n) is 4.74. The van der Waals surface area contributed by atoms with Gasteiger partial charge in [-0.1, -0.05) is 15.9 Å². The van der Waals surface area contributed by atoms with E-state index in [0.29, 0.717) is 24.3 Å². The van der Waals surface area contributed by atoms with Crippen LogP contribution in [0.15, 0.2) is 34.9 Å². The Morgan fingerprint density at radius 3 is 2.67 bits per heavy atom. The molecule has 1 aromatic carbocycles. The molecule has 1 fully saturated rings. The summed E-state index contributed by atoms with van der Waals surface area (Å²) in [5, 5.41) is 13.5. The smallest absolute Gasteiger partial charge is 0.229 e. The van der Waals surface area contributed by atoms with Gasteiger partial charge in [0.1, 0.15) is 11.6 Å². The van der Waals surface area contributed by atoms with Crippen LogP contribution in [0.25, 0.3) is 5.69 Å².